The predicted molar refractivity (Wildman–Crippen MR) is 72.8 cm³/mol. The van der Waals surface area contributed by atoms with Crippen LogP contribution in [0.15, 0.2) is 22.8 Å². The molecular weight excluding hydrogens is 373 g/mol. The van der Waals surface area contributed by atoms with Gasteiger partial charge in [0.25, 0.3) is 0 Å². The van der Waals surface area contributed by atoms with Crippen LogP contribution in [0.25, 0.3) is 0 Å². The molecule has 2 rings (SSSR count). The highest BCUT2D eigenvalue weighted by Crippen LogP contribution is 2.39. The van der Waals surface area contributed by atoms with Crippen molar-refractivity contribution in [2.75, 3.05) is 0 Å². The number of pyridine rings is 1. The van der Waals surface area contributed by atoms with Crippen molar-refractivity contribution in [1.29, 1.82) is 0 Å². The first-order valence-corrected chi connectivity index (χ1v) is 6.77. The molecule has 8 heteroatoms. The van der Waals surface area contributed by atoms with E-state index in [2.05, 4.69) is 20.9 Å². The molecule has 0 N–H and O–H groups in total. The van der Waals surface area contributed by atoms with Crippen LogP contribution in [0.1, 0.15) is 16.8 Å². The van der Waals surface area contributed by atoms with E-state index in [1.807, 2.05) is 0 Å². The fourth-order valence-corrected chi connectivity index (χ4v) is 2.16. The van der Waals surface area contributed by atoms with Gasteiger partial charge in [0.05, 0.1) is 10.7 Å². The third kappa shape index (κ3) is 3.06. The second-order valence-corrected chi connectivity index (χ2v) is 5.29. The van der Waals surface area contributed by atoms with Gasteiger partial charge in [0, 0.05) is 5.56 Å². The van der Waals surface area contributed by atoms with Crippen LogP contribution in [0.5, 0.6) is 11.5 Å². The summed E-state index contributed by atoms with van der Waals surface area (Å²) < 4.78 is 70.1. The quantitative estimate of drug-likeness (QED) is 0.636. The summed E-state index contributed by atoms with van der Waals surface area (Å²) in [6.07, 6.45) is -3.72. The first-order chi connectivity index (χ1) is 10.1. The Hall–Kier alpha value is -1.70. The van der Waals surface area contributed by atoms with Crippen molar-refractivity contribution >= 4 is 15.9 Å². The molecule has 0 unspecified atom stereocenters. The van der Waals surface area contributed by atoms with Gasteiger partial charge < -0.3 is 4.74 Å². The Balaban J connectivity index is 2.44. The maximum Gasteiger partial charge on any atom is 0.433 e. The zero-order chi connectivity index (χ0) is 16.7. The van der Waals surface area contributed by atoms with Crippen molar-refractivity contribution in [3.63, 3.8) is 0 Å². The number of nitrogens with zero attached hydrogens (tertiary/aromatic N) is 1. The molecule has 0 aliphatic rings. The van der Waals surface area contributed by atoms with Gasteiger partial charge in [-0.05, 0) is 47.5 Å². The molecule has 1 aromatic carbocycles. The standard InChI is InChI=1S/C14H9BrF5NO/c1-6-9(4-3-8(16)12(6)17)22-10-5-21-13(14(18,19)20)7(2)11(10)15/h3-5H,1-2H3. The monoisotopic (exact) mass is 381 g/mol. The summed E-state index contributed by atoms with van der Waals surface area (Å²) in [6, 6.07) is 2.06. The van der Waals surface area contributed by atoms with Gasteiger partial charge in [-0.1, -0.05) is 0 Å². The number of ether oxygens (including phenoxy) is 1. The third-order valence-corrected chi connectivity index (χ3v) is 3.98. The molecule has 1 aromatic heterocycles. The van der Waals surface area contributed by atoms with Crippen LogP contribution in [-0.4, -0.2) is 4.98 Å². The molecule has 0 fully saturated rings. The Kier molecular flexibility index (Phi) is 4.42. The number of rotatable bonds is 2. The van der Waals surface area contributed by atoms with E-state index in [4.69, 9.17) is 4.74 Å². The topological polar surface area (TPSA) is 22.1 Å². The number of halogens is 6. The van der Waals surface area contributed by atoms with Gasteiger partial charge in [-0.2, -0.15) is 13.2 Å². The summed E-state index contributed by atoms with van der Waals surface area (Å²) in [5, 5.41) is 0. The maximum atomic E-state index is 13.5. The van der Waals surface area contributed by atoms with Gasteiger partial charge in [-0.25, -0.2) is 13.8 Å². The number of aromatic nitrogens is 1. The van der Waals surface area contributed by atoms with Crippen LogP contribution in [-0.2, 0) is 6.18 Å². The molecule has 0 radical (unpaired) electrons. The van der Waals surface area contributed by atoms with Gasteiger partial charge >= 0.3 is 6.18 Å². The maximum absolute atomic E-state index is 13.5. The zero-order valence-corrected chi connectivity index (χ0v) is 12.9. The summed E-state index contributed by atoms with van der Waals surface area (Å²) in [6.45, 7) is 2.52. The Morgan fingerprint density at radius 1 is 1.05 bits per heavy atom. The lowest BCUT2D eigenvalue weighted by atomic mass is 10.2. The Morgan fingerprint density at radius 2 is 1.68 bits per heavy atom. The largest absolute Gasteiger partial charge is 0.454 e. The average Bonchev–Trinajstić information content (AvgIpc) is 2.43. The Morgan fingerprint density at radius 3 is 2.27 bits per heavy atom. The van der Waals surface area contributed by atoms with Crippen molar-refractivity contribution in [2.45, 2.75) is 20.0 Å². The van der Waals surface area contributed by atoms with Crippen LogP contribution >= 0.6 is 15.9 Å². The third-order valence-electron chi connectivity index (χ3n) is 2.99. The summed E-state index contributed by atoms with van der Waals surface area (Å²) >= 11 is 3.01. The second kappa shape index (κ2) is 5.83. The Bertz CT molecular complexity index is 730. The highest BCUT2D eigenvalue weighted by Gasteiger charge is 2.35. The molecule has 2 nitrogen and oxygen atoms in total. The zero-order valence-electron chi connectivity index (χ0n) is 11.4. The van der Waals surface area contributed by atoms with E-state index in [-0.39, 0.29) is 27.1 Å². The lowest BCUT2D eigenvalue weighted by Crippen LogP contribution is -2.11. The SMILES string of the molecule is Cc1c(Oc2cnc(C(F)(F)F)c(C)c2Br)ccc(F)c1F. The molecule has 0 spiro atoms. The highest BCUT2D eigenvalue weighted by molar-refractivity contribution is 9.10. The molecule has 0 saturated heterocycles. The number of benzene rings is 1. The fraction of sp³-hybridized carbons (Fsp3) is 0.214. The van der Waals surface area contributed by atoms with Gasteiger partial charge in [0.2, 0.25) is 0 Å². The van der Waals surface area contributed by atoms with Crippen molar-refractivity contribution in [3.05, 3.63) is 51.3 Å². The summed E-state index contributed by atoms with van der Waals surface area (Å²) in [7, 11) is 0. The molecule has 0 saturated carbocycles. The second-order valence-electron chi connectivity index (χ2n) is 4.49. The number of hydrogen-bond donors (Lipinski definition) is 0. The first-order valence-electron chi connectivity index (χ1n) is 5.97. The lowest BCUT2D eigenvalue weighted by molar-refractivity contribution is -0.141. The smallest absolute Gasteiger partial charge is 0.433 e. The molecule has 0 amide bonds. The summed E-state index contributed by atoms with van der Waals surface area (Å²) in [5.74, 6) is -2.16. The lowest BCUT2D eigenvalue weighted by Gasteiger charge is -2.15. The minimum Gasteiger partial charge on any atom is -0.454 e. The van der Waals surface area contributed by atoms with E-state index < -0.39 is 23.5 Å². The summed E-state index contributed by atoms with van der Waals surface area (Å²) in [5.41, 5.74) is -1.30. The molecule has 1 heterocycles. The van der Waals surface area contributed by atoms with Crippen LogP contribution in [0.3, 0.4) is 0 Å². The van der Waals surface area contributed by atoms with Gasteiger partial charge in [-0.15, -0.1) is 0 Å². The molecule has 2 aromatic rings. The van der Waals surface area contributed by atoms with E-state index in [0.717, 1.165) is 12.3 Å². The summed E-state index contributed by atoms with van der Waals surface area (Å²) in [4.78, 5) is 3.33. The van der Waals surface area contributed by atoms with Crippen LogP contribution in [0, 0.1) is 25.5 Å². The molecule has 0 aliphatic carbocycles. The van der Waals surface area contributed by atoms with Crippen molar-refractivity contribution in [3.8, 4) is 11.5 Å². The molecular formula is C14H9BrF5NO. The van der Waals surface area contributed by atoms with Crippen LogP contribution < -0.4 is 4.74 Å². The molecule has 0 bridgehead atoms. The average molecular weight is 382 g/mol. The minimum absolute atomic E-state index is 0.0134. The van der Waals surface area contributed by atoms with Crippen LogP contribution in [0.4, 0.5) is 22.0 Å². The van der Waals surface area contributed by atoms with E-state index in [0.29, 0.717) is 0 Å². The Labute approximate surface area is 131 Å². The molecule has 118 valence electrons. The highest BCUT2D eigenvalue weighted by atomic mass is 79.9. The van der Waals surface area contributed by atoms with Crippen molar-refractivity contribution in [2.24, 2.45) is 0 Å². The van der Waals surface area contributed by atoms with Crippen molar-refractivity contribution in [1.82, 2.24) is 4.98 Å². The van der Waals surface area contributed by atoms with Gasteiger partial charge in [0.15, 0.2) is 17.4 Å². The normalized spacial score (nSPS) is 11.6. The number of hydrogen-bond acceptors (Lipinski definition) is 2. The first kappa shape index (κ1) is 16.7. The van der Waals surface area contributed by atoms with Gasteiger partial charge in [0.1, 0.15) is 11.4 Å². The van der Waals surface area contributed by atoms with Crippen LogP contribution in [0.2, 0.25) is 0 Å². The molecule has 0 atom stereocenters. The van der Waals surface area contributed by atoms with E-state index in [9.17, 15) is 22.0 Å². The molecule has 0 aliphatic heterocycles. The van der Waals surface area contributed by atoms with E-state index in [1.165, 1.54) is 19.9 Å². The van der Waals surface area contributed by atoms with E-state index >= 15 is 0 Å². The number of alkyl halides is 3. The molecule has 22 heavy (non-hydrogen) atoms. The minimum atomic E-state index is -4.59. The van der Waals surface area contributed by atoms with E-state index in [1.54, 1.807) is 0 Å². The van der Waals surface area contributed by atoms with Crippen molar-refractivity contribution < 1.29 is 26.7 Å². The predicted octanol–water partition coefficient (Wildman–Crippen LogP) is 5.55. The fourth-order valence-electron chi connectivity index (χ4n) is 1.79. The van der Waals surface area contributed by atoms with Gasteiger partial charge in [-0.3, -0.25) is 0 Å².